The van der Waals surface area contributed by atoms with E-state index in [1.807, 2.05) is 18.2 Å². The van der Waals surface area contributed by atoms with Crippen LogP contribution in [-0.2, 0) is 0 Å². The highest BCUT2D eigenvalue weighted by Gasteiger charge is 2.09. The highest BCUT2D eigenvalue weighted by atomic mass is 16.5. The maximum absolute atomic E-state index is 6.12. The summed E-state index contributed by atoms with van der Waals surface area (Å²) in [6.07, 6.45) is 6.85. The molecule has 2 rings (SSSR count). The molecule has 82 valence electrons. The first kappa shape index (κ1) is 10.6. The van der Waals surface area contributed by atoms with E-state index in [9.17, 15) is 0 Å². The topological polar surface area (TPSA) is 61.0 Å². The summed E-state index contributed by atoms with van der Waals surface area (Å²) in [6, 6.07) is 5.47. The Labute approximate surface area is 94.1 Å². The van der Waals surface area contributed by atoms with E-state index in [0.717, 1.165) is 11.1 Å². The fraction of sp³-hybridized carbons (Fsp3) is 0.167. The lowest BCUT2D eigenvalue weighted by atomic mass is 10.0. The van der Waals surface area contributed by atoms with Gasteiger partial charge in [-0.15, -0.1) is 0 Å². The van der Waals surface area contributed by atoms with Crippen molar-refractivity contribution in [1.29, 1.82) is 0 Å². The molecule has 4 heteroatoms. The minimum absolute atomic E-state index is 0.203. The van der Waals surface area contributed by atoms with Crippen LogP contribution >= 0.6 is 0 Å². The summed E-state index contributed by atoms with van der Waals surface area (Å²) in [4.78, 5) is 8.04. The number of pyridine rings is 2. The second-order valence-corrected chi connectivity index (χ2v) is 3.42. The average molecular weight is 215 g/mol. The van der Waals surface area contributed by atoms with Gasteiger partial charge in [0.05, 0.1) is 19.3 Å². The summed E-state index contributed by atoms with van der Waals surface area (Å²) < 4.78 is 5.11. The molecule has 0 aliphatic rings. The summed E-state index contributed by atoms with van der Waals surface area (Å²) in [7, 11) is 1.61. The van der Waals surface area contributed by atoms with E-state index in [1.54, 1.807) is 31.9 Å². The first-order chi connectivity index (χ1) is 7.81. The van der Waals surface area contributed by atoms with Crippen molar-refractivity contribution in [2.75, 3.05) is 7.11 Å². The molecule has 0 saturated carbocycles. The first-order valence-electron chi connectivity index (χ1n) is 4.95. The molecule has 1 unspecified atom stereocenters. The molecule has 2 aromatic rings. The molecular weight excluding hydrogens is 202 g/mol. The molecule has 4 nitrogen and oxygen atoms in total. The van der Waals surface area contributed by atoms with Crippen LogP contribution in [0.3, 0.4) is 0 Å². The van der Waals surface area contributed by atoms with E-state index in [-0.39, 0.29) is 6.04 Å². The van der Waals surface area contributed by atoms with Crippen molar-refractivity contribution in [3.05, 3.63) is 54.1 Å². The molecule has 0 aromatic carbocycles. The molecule has 0 radical (unpaired) electrons. The number of nitrogens with zero attached hydrogens (tertiary/aromatic N) is 2. The Morgan fingerprint density at radius 1 is 1.12 bits per heavy atom. The normalized spacial score (nSPS) is 12.1. The van der Waals surface area contributed by atoms with Crippen LogP contribution in [0.15, 0.2) is 43.0 Å². The van der Waals surface area contributed by atoms with Gasteiger partial charge in [0.2, 0.25) is 0 Å². The Balaban J connectivity index is 2.30. The predicted octanol–water partition coefficient (Wildman–Crippen LogP) is 1.53. The number of hydrogen-bond donors (Lipinski definition) is 1. The maximum Gasteiger partial charge on any atom is 0.137 e. The Hall–Kier alpha value is -1.94. The average Bonchev–Trinajstić information content (AvgIpc) is 2.39. The SMILES string of the molecule is COc1cncc(C(N)c2ccncc2)c1. The van der Waals surface area contributed by atoms with Crippen molar-refractivity contribution in [2.24, 2.45) is 5.73 Å². The molecule has 2 aromatic heterocycles. The van der Waals surface area contributed by atoms with Crippen LogP contribution in [0.5, 0.6) is 5.75 Å². The molecular formula is C12H13N3O. The Bertz CT molecular complexity index is 459. The van der Waals surface area contributed by atoms with Gasteiger partial charge in [-0.25, -0.2) is 0 Å². The van der Waals surface area contributed by atoms with Gasteiger partial charge >= 0.3 is 0 Å². The number of aromatic nitrogens is 2. The number of rotatable bonds is 3. The van der Waals surface area contributed by atoms with Crippen LogP contribution in [0.2, 0.25) is 0 Å². The fourth-order valence-corrected chi connectivity index (χ4v) is 1.48. The van der Waals surface area contributed by atoms with Crippen LogP contribution in [0, 0.1) is 0 Å². The van der Waals surface area contributed by atoms with Crippen LogP contribution < -0.4 is 10.5 Å². The van der Waals surface area contributed by atoms with E-state index >= 15 is 0 Å². The van der Waals surface area contributed by atoms with E-state index in [0.29, 0.717) is 5.75 Å². The number of ether oxygens (including phenoxy) is 1. The van der Waals surface area contributed by atoms with Crippen molar-refractivity contribution in [1.82, 2.24) is 9.97 Å². The smallest absolute Gasteiger partial charge is 0.137 e. The van der Waals surface area contributed by atoms with Crippen LogP contribution in [0.25, 0.3) is 0 Å². The molecule has 1 atom stereocenters. The highest BCUT2D eigenvalue weighted by Crippen LogP contribution is 2.21. The van der Waals surface area contributed by atoms with Gasteiger partial charge in [-0.2, -0.15) is 0 Å². The van der Waals surface area contributed by atoms with Crippen LogP contribution in [0.4, 0.5) is 0 Å². The number of hydrogen-bond acceptors (Lipinski definition) is 4. The van der Waals surface area contributed by atoms with Gasteiger partial charge in [-0.3, -0.25) is 9.97 Å². The highest BCUT2D eigenvalue weighted by molar-refractivity contribution is 5.32. The van der Waals surface area contributed by atoms with Crippen molar-refractivity contribution in [3.8, 4) is 5.75 Å². The molecule has 0 fully saturated rings. The Kier molecular flexibility index (Phi) is 3.12. The summed E-state index contributed by atoms with van der Waals surface area (Å²) in [6.45, 7) is 0. The molecule has 0 bridgehead atoms. The predicted molar refractivity (Wildman–Crippen MR) is 61.1 cm³/mol. The van der Waals surface area contributed by atoms with E-state index < -0.39 is 0 Å². The second kappa shape index (κ2) is 4.72. The second-order valence-electron chi connectivity index (χ2n) is 3.42. The quantitative estimate of drug-likeness (QED) is 0.843. The Morgan fingerprint density at radius 2 is 1.88 bits per heavy atom. The summed E-state index contributed by atoms with van der Waals surface area (Å²) in [5, 5.41) is 0. The molecule has 2 N–H and O–H groups in total. The zero-order valence-electron chi connectivity index (χ0n) is 9.00. The maximum atomic E-state index is 6.12. The van der Waals surface area contributed by atoms with Gasteiger partial charge in [0.1, 0.15) is 5.75 Å². The summed E-state index contributed by atoms with van der Waals surface area (Å²) in [5.74, 6) is 0.710. The third kappa shape index (κ3) is 2.17. The summed E-state index contributed by atoms with van der Waals surface area (Å²) in [5.41, 5.74) is 8.04. The van der Waals surface area contributed by atoms with Gasteiger partial charge < -0.3 is 10.5 Å². The van der Waals surface area contributed by atoms with Crippen molar-refractivity contribution in [2.45, 2.75) is 6.04 Å². The molecule has 2 heterocycles. The molecule has 0 aliphatic heterocycles. The van der Waals surface area contributed by atoms with Gasteiger partial charge in [0.25, 0.3) is 0 Å². The third-order valence-corrected chi connectivity index (χ3v) is 2.39. The molecule has 0 amide bonds. The van der Waals surface area contributed by atoms with E-state index in [2.05, 4.69) is 9.97 Å². The first-order valence-corrected chi connectivity index (χ1v) is 4.95. The largest absolute Gasteiger partial charge is 0.495 e. The fourth-order valence-electron chi connectivity index (χ4n) is 1.48. The zero-order valence-corrected chi connectivity index (χ0v) is 9.00. The standard InChI is InChI=1S/C12H13N3O/c1-16-11-6-10(7-15-8-11)12(13)9-2-4-14-5-3-9/h2-8,12H,13H2,1H3. The molecule has 0 spiro atoms. The molecule has 0 saturated heterocycles. The van der Waals surface area contributed by atoms with Gasteiger partial charge in [0, 0.05) is 18.6 Å². The minimum Gasteiger partial charge on any atom is -0.495 e. The summed E-state index contributed by atoms with van der Waals surface area (Å²) >= 11 is 0. The zero-order chi connectivity index (χ0) is 11.4. The van der Waals surface area contributed by atoms with Crippen molar-refractivity contribution < 1.29 is 4.74 Å². The van der Waals surface area contributed by atoms with E-state index in [4.69, 9.17) is 10.5 Å². The molecule has 16 heavy (non-hydrogen) atoms. The van der Waals surface area contributed by atoms with Crippen LogP contribution in [0.1, 0.15) is 17.2 Å². The minimum atomic E-state index is -0.203. The molecule has 0 aliphatic carbocycles. The number of nitrogens with two attached hydrogens (primary N) is 1. The lowest BCUT2D eigenvalue weighted by Crippen LogP contribution is -2.12. The lowest BCUT2D eigenvalue weighted by Gasteiger charge is -2.12. The van der Waals surface area contributed by atoms with Gasteiger partial charge in [-0.1, -0.05) is 0 Å². The lowest BCUT2D eigenvalue weighted by molar-refractivity contribution is 0.412. The third-order valence-electron chi connectivity index (χ3n) is 2.39. The van der Waals surface area contributed by atoms with E-state index in [1.165, 1.54) is 0 Å². The van der Waals surface area contributed by atoms with Crippen molar-refractivity contribution >= 4 is 0 Å². The Morgan fingerprint density at radius 3 is 2.56 bits per heavy atom. The monoisotopic (exact) mass is 215 g/mol. The van der Waals surface area contributed by atoms with Gasteiger partial charge in [0.15, 0.2) is 0 Å². The van der Waals surface area contributed by atoms with Gasteiger partial charge in [-0.05, 0) is 29.3 Å². The number of methoxy groups -OCH3 is 1. The van der Waals surface area contributed by atoms with Crippen molar-refractivity contribution in [3.63, 3.8) is 0 Å². The van der Waals surface area contributed by atoms with Crippen LogP contribution in [-0.4, -0.2) is 17.1 Å².